The molecule has 0 aliphatic heterocycles. The van der Waals surface area contributed by atoms with Gasteiger partial charge in [-0.1, -0.05) is 6.07 Å². The first-order valence-electron chi connectivity index (χ1n) is 9.15. The highest BCUT2D eigenvalue weighted by Gasteiger charge is 2.09. The maximum Gasteiger partial charge on any atom is 0.277 e. The van der Waals surface area contributed by atoms with Crippen LogP contribution >= 0.6 is 15.9 Å². The summed E-state index contributed by atoms with van der Waals surface area (Å²) in [6.07, 6.45) is 1.41. The molecule has 28 heavy (non-hydrogen) atoms. The van der Waals surface area contributed by atoms with Crippen molar-refractivity contribution in [2.24, 2.45) is 5.10 Å². The number of aryl methyl sites for hydroxylation is 2. The predicted molar refractivity (Wildman–Crippen MR) is 117 cm³/mol. The van der Waals surface area contributed by atoms with E-state index in [0.29, 0.717) is 11.3 Å². The van der Waals surface area contributed by atoms with Crippen molar-refractivity contribution in [3.63, 3.8) is 0 Å². The van der Waals surface area contributed by atoms with E-state index in [1.807, 2.05) is 32.0 Å². The fraction of sp³-hybridized carbons (Fsp3) is 0.333. The molecule has 0 fully saturated rings. The number of benzene rings is 2. The van der Waals surface area contributed by atoms with Crippen LogP contribution in [0, 0.1) is 13.8 Å². The Morgan fingerprint density at radius 1 is 1.25 bits per heavy atom. The number of anilines is 1. The Labute approximate surface area is 174 Å². The second kappa shape index (κ2) is 10.1. The molecule has 0 heterocycles. The van der Waals surface area contributed by atoms with Crippen LogP contribution in [0.5, 0.6) is 11.5 Å². The van der Waals surface area contributed by atoms with E-state index in [1.165, 1.54) is 6.21 Å². The fourth-order valence-corrected chi connectivity index (χ4v) is 3.64. The molecular weight excluding hydrogens is 422 g/mol. The lowest BCUT2D eigenvalue weighted by atomic mass is 10.1. The highest BCUT2D eigenvalue weighted by molar-refractivity contribution is 9.10. The molecule has 0 atom stereocenters. The summed E-state index contributed by atoms with van der Waals surface area (Å²) in [4.78, 5) is 14.1. The lowest BCUT2D eigenvalue weighted by Crippen LogP contribution is -2.25. The predicted octanol–water partition coefficient (Wildman–Crippen LogP) is 4.15. The minimum atomic E-state index is -0.387. The first-order valence-corrected chi connectivity index (χ1v) is 9.94. The SMILES string of the molecule is CCN(CC)c1ccc(C=NNC(=O)COc2c(C)cc(C)cc2Br)c(O)c1. The number of rotatable bonds is 8. The third kappa shape index (κ3) is 5.73. The van der Waals surface area contributed by atoms with E-state index in [0.717, 1.165) is 34.4 Å². The average molecular weight is 448 g/mol. The summed E-state index contributed by atoms with van der Waals surface area (Å²) in [6.45, 7) is 9.59. The zero-order chi connectivity index (χ0) is 20.7. The van der Waals surface area contributed by atoms with Crippen LogP contribution in [0.15, 0.2) is 39.9 Å². The van der Waals surface area contributed by atoms with Crippen LogP contribution < -0.4 is 15.1 Å². The maximum absolute atomic E-state index is 12.0. The van der Waals surface area contributed by atoms with E-state index < -0.39 is 0 Å². The summed E-state index contributed by atoms with van der Waals surface area (Å²) in [5.41, 5.74) is 5.93. The Bertz CT molecular complexity index is 841. The van der Waals surface area contributed by atoms with Gasteiger partial charge in [-0.05, 0) is 73.0 Å². The molecule has 2 N–H and O–H groups in total. The molecule has 2 aromatic carbocycles. The normalized spacial score (nSPS) is 10.9. The van der Waals surface area contributed by atoms with Gasteiger partial charge in [0.15, 0.2) is 6.61 Å². The van der Waals surface area contributed by atoms with Crippen LogP contribution in [0.3, 0.4) is 0 Å². The number of halogens is 1. The molecule has 0 saturated carbocycles. The van der Waals surface area contributed by atoms with E-state index in [4.69, 9.17) is 4.74 Å². The molecule has 0 saturated heterocycles. The molecule has 0 aromatic heterocycles. The zero-order valence-electron chi connectivity index (χ0n) is 16.6. The van der Waals surface area contributed by atoms with Crippen molar-refractivity contribution >= 4 is 33.7 Å². The molecule has 0 radical (unpaired) electrons. The molecule has 0 aliphatic carbocycles. The molecular formula is C21H26BrN3O3. The number of hydrazone groups is 1. The zero-order valence-corrected chi connectivity index (χ0v) is 18.2. The van der Waals surface area contributed by atoms with Gasteiger partial charge >= 0.3 is 0 Å². The summed E-state index contributed by atoms with van der Waals surface area (Å²) in [5.74, 6) is 0.356. The maximum atomic E-state index is 12.0. The first kappa shape index (κ1) is 21.8. The monoisotopic (exact) mass is 447 g/mol. The van der Waals surface area contributed by atoms with Crippen molar-refractivity contribution in [1.82, 2.24) is 5.43 Å². The number of hydrogen-bond acceptors (Lipinski definition) is 5. The molecule has 0 bridgehead atoms. The Balaban J connectivity index is 1.93. The summed E-state index contributed by atoms with van der Waals surface area (Å²) in [7, 11) is 0. The number of carbonyl (C=O) groups is 1. The number of nitrogens with zero attached hydrogens (tertiary/aromatic N) is 2. The third-order valence-corrected chi connectivity index (χ3v) is 4.85. The Hall–Kier alpha value is -2.54. The van der Waals surface area contributed by atoms with Gasteiger partial charge in [-0.15, -0.1) is 0 Å². The van der Waals surface area contributed by atoms with Gasteiger partial charge in [0, 0.05) is 30.4 Å². The van der Waals surface area contributed by atoms with Crippen LogP contribution in [0.1, 0.15) is 30.5 Å². The Kier molecular flexibility index (Phi) is 7.87. The van der Waals surface area contributed by atoms with E-state index in [-0.39, 0.29) is 18.3 Å². The number of hydrogen-bond donors (Lipinski definition) is 2. The quantitative estimate of drug-likeness (QED) is 0.470. The second-order valence-electron chi connectivity index (χ2n) is 6.39. The molecule has 0 aliphatic rings. The van der Waals surface area contributed by atoms with Gasteiger partial charge in [-0.3, -0.25) is 4.79 Å². The van der Waals surface area contributed by atoms with Gasteiger partial charge in [0.25, 0.3) is 5.91 Å². The van der Waals surface area contributed by atoms with Gasteiger partial charge in [-0.2, -0.15) is 5.10 Å². The van der Waals surface area contributed by atoms with Gasteiger partial charge < -0.3 is 14.7 Å². The lowest BCUT2D eigenvalue weighted by Gasteiger charge is -2.21. The molecule has 1 amide bonds. The van der Waals surface area contributed by atoms with Gasteiger partial charge in [0.05, 0.1) is 10.7 Å². The highest BCUT2D eigenvalue weighted by atomic mass is 79.9. The van der Waals surface area contributed by atoms with Crippen molar-refractivity contribution < 1.29 is 14.6 Å². The fourth-order valence-electron chi connectivity index (χ4n) is 2.86. The van der Waals surface area contributed by atoms with E-state index in [2.05, 4.69) is 45.2 Å². The van der Waals surface area contributed by atoms with E-state index in [9.17, 15) is 9.90 Å². The largest absolute Gasteiger partial charge is 0.507 e. The van der Waals surface area contributed by atoms with Crippen molar-refractivity contribution in [2.45, 2.75) is 27.7 Å². The van der Waals surface area contributed by atoms with Crippen LogP contribution in [0.4, 0.5) is 5.69 Å². The summed E-state index contributed by atoms with van der Waals surface area (Å²) in [5, 5.41) is 14.1. The third-order valence-electron chi connectivity index (χ3n) is 4.26. The molecule has 0 unspecified atom stereocenters. The van der Waals surface area contributed by atoms with Crippen LogP contribution in [0.25, 0.3) is 0 Å². The van der Waals surface area contributed by atoms with Gasteiger partial charge in [0.1, 0.15) is 11.5 Å². The topological polar surface area (TPSA) is 74.2 Å². The summed E-state index contributed by atoms with van der Waals surface area (Å²) in [6, 6.07) is 9.29. The molecule has 7 heteroatoms. The van der Waals surface area contributed by atoms with Crippen LogP contribution in [0.2, 0.25) is 0 Å². The number of amides is 1. The molecule has 6 nitrogen and oxygen atoms in total. The lowest BCUT2D eigenvalue weighted by molar-refractivity contribution is -0.123. The van der Waals surface area contributed by atoms with Crippen LogP contribution in [-0.4, -0.2) is 36.9 Å². The second-order valence-corrected chi connectivity index (χ2v) is 7.24. The highest BCUT2D eigenvalue weighted by Crippen LogP contribution is 2.30. The van der Waals surface area contributed by atoms with Crippen molar-refractivity contribution in [1.29, 1.82) is 0 Å². The van der Waals surface area contributed by atoms with E-state index >= 15 is 0 Å². The summed E-state index contributed by atoms with van der Waals surface area (Å²) >= 11 is 3.45. The first-order chi connectivity index (χ1) is 13.3. The van der Waals surface area contributed by atoms with Crippen LogP contribution in [-0.2, 0) is 4.79 Å². The molecule has 150 valence electrons. The van der Waals surface area contributed by atoms with Crippen molar-refractivity contribution in [2.75, 3.05) is 24.6 Å². The van der Waals surface area contributed by atoms with E-state index in [1.54, 1.807) is 12.1 Å². The number of nitrogens with one attached hydrogen (secondary N) is 1. The van der Waals surface area contributed by atoms with Crippen molar-refractivity contribution in [3.05, 3.63) is 51.5 Å². The average Bonchev–Trinajstić information content (AvgIpc) is 2.63. The Morgan fingerprint density at radius 2 is 1.96 bits per heavy atom. The minimum absolute atomic E-state index is 0.109. The molecule has 0 spiro atoms. The van der Waals surface area contributed by atoms with Gasteiger partial charge in [-0.25, -0.2) is 5.43 Å². The smallest absolute Gasteiger partial charge is 0.277 e. The number of phenolic OH excluding ortho intramolecular Hbond substituents is 1. The molecule has 2 rings (SSSR count). The number of phenols is 1. The number of carbonyl (C=O) groups excluding carboxylic acids is 1. The summed E-state index contributed by atoms with van der Waals surface area (Å²) < 4.78 is 6.40. The minimum Gasteiger partial charge on any atom is -0.507 e. The standard InChI is InChI=1S/C21H26BrN3O3/c1-5-25(6-2)17-8-7-16(19(26)11-17)12-23-24-20(27)13-28-21-15(4)9-14(3)10-18(21)22/h7-12,26H,5-6,13H2,1-4H3,(H,24,27). The van der Waals surface area contributed by atoms with Crippen molar-refractivity contribution in [3.8, 4) is 11.5 Å². The number of aromatic hydroxyl groups is 1. The number of ether oxygens (including phenoxy) is 1. The van der Waals surface area contributed by atoms with Gasteiger partial charge in [0.2, 0.25) is 0 Å². The Morgan fingerprint density at radius 3 is 2.57 bits per heavy atom. The molecule has 2 aromatic rings.